The maximum Gasteiger partial charge on any atom is 0.0366 e. The first-order valence-corrected chi connectivity index (χ1v) is 7.68. The molecule has 0 aliphatic rings. The highest BCUT2D eigenvalue weighted by atomic mass is 15.1. The lowest BCUT2D eigenvalue weighted by molar-refractivity contribution is 0.486. The Hall–Kier alpha value is -1.02. The van der Waals surface area contributed by atoms with Crippen LogP contribution in [0.25, 0.3) is 0 Å². The molecule has 2 nitrogen and oxygen atoms in total. The van der Waals surface area contributed by atoms with Gasteiger partial charge in [0, 0.05) is 24.8 Å². The third kappa shape index (κ3) is 4.54. The van der Waals surface area contributed by atoms with E-state index in [4.69, 9.17) is 0 Å². The highest BCUT2D eigenvalue weighted by Crippen LogP contribution is 2.21. The Labute approximate surface area is 119 Å². The number of benzene rings is 1. The Morgan fingerprint density at radius 3 is 2.05 bits per heavy atom. The average molecular weight is 262 g/mol. The van der Waals surface area contributed by atoms with Gasteiger partial charge in [-0.1, -0.05) is 38.8 Å². The Morgan fingerprint density at radius 1 is 1.05 bits per heavy atom. The number of nitrogens with one attached hydrogen (secondary N) is 1. The monoisotopic (exact) mass is 262 g/mol. The summed E-state index contributed by atoms with van der Waals surface area (Å²) >= 11 is 0. The van der Waals surface area contributed by atoms with Crippen LogP contribution in [0.5, 0.6) is 0 Å². The van der Waals surface area contributed by atoms with E-state index in [9.17, 15) is 0 Å². The summed E-state index contributed by atoms with van der Waals surface area (Å²) < 4.78 is 0. The maximum absolute atomic E-state index is 3.28. The van der Waals surface area contributed by atoms with E-state index in [1.807, 2.05) is 7.05 Å². The number of hydrogen-bond acceptors (Lipinski definition) is 2. The summed E-state index contributed by atoms with van der Waals surface area (Å²) in [6, 6.07) is 9.42. The molecule has 1 aromatic carbocycles. The van der Waals surface area contributed by atoms with E-state index in [0.29, 0.717) is 6.04 Å². The van der Waals surface area contributed by atoms with Crippen molar-refractivity contribution in [3.63, 3.8) is 0 Å². The molecule has 0 aromatic heterocycles. The van der Waals surface area contributed by atoms with E-state index in [1.54, 1.807) is 0 Å². The highest BCUT2D eigenvalue weighted by Gasteiger charge is 2.11. The zero-order valence-corrected chi connectivity index (χ0v) is 13.2. The smallest absolute Gasteiger partial charge is 0.0366 e. The molecule has 0 saturated carbocycles. The van der Waals surface area contributed by atoms with Crippen LogP contribution in [0, 0.1) is 5.92 Å². The molecule has 1 unspecified atom stereocenters. The van der Waals surface area contributed by atoms with Gasteiger partial charge >= 0.3 is 0 Å². The van der Waals surface area contributed by atoms with Gasteiger partial charge in [0.2, 0.25) is 0 Å². The van der Waals surface area contributed by atoms with Crippen LogP contribution in [-0.4, -0.2) is 20.1 Å². The standard InChI is InChI=1S/C17H30N2/c1-6-15(7-2)13-19(8-3)17-11-9-16(10-12-17)14(4)18-5/h9-12,14-15,18H,6-8,13H2,1-5H3. The molecule has 1 N–H and O–H groups in total. The van der Waals surface area contributed by atoms with E-state index in [2.05, 4.69) is 62.2 Å². The third-order valence-corrected chi connectivity index (χ3v) is 4.21. The van der Waals surface area contributed by atoms with E-state index >= 15 is 0 Å². The second-order valence-electron chi connectivity index (χ2n) is 5.32. The van der Waals surface area contributed by atoms with Crippen LogP contribution in [0.1, 0.15) is 52.1 Å². The molecule has 0 spiro atoms. The molecule has 1 aromatic rings. The van der Waals surface area contributed by atoms with Gasteiger partial charge in [0.05, 0.1) is 0 Å². The van der Waals surface area contributed by atoms with Gasteiger partial charge in [-0.2, -0.15) is 0 Å². The molecule has 19 heavy (non-hydrogen) atoms. The Morgan fingerprint density at radius 2 is 1.63 bits per heavy atom. The van der Waals surface area contributed by atoms with Gasteiger partial charge in [-0.3, -0.25) is 0 Å². The lowest BCUT2D eigenvalue weighted by Crippen LogP contribution is -2.29. The summed E-state index contributed by atoms with van der Waals surface area (Å²) in [5.74, 6) is 0.802. The molecule has 0 aliphatic carbocycles. The molecule has 1 atom stereocenters. The molecule has 0 heterocycles. The van der Waals surface area contributed by atoms with Crippen molar-refractivity contribution < 1.29 is 0 Å². The maximum atomic E-state index is 3.28. The SMILES string of the molecule is CCC(CC)CN(CC)c1ccc(C(C)NC)cc1. The van der Waals surface area contributed by atoms with Crippen LogP contribution < -0.4 is 10.2 Å². The number of rotatable bonds is 8. The Kier molecular flexibility index (Phi) is 6.93. The van der Waals surface area contributed by atoms with Gasteiger partial charge < -0.3 is 10.2 Å². The fourth-order valence-corrected chi connectivity index (χ4v) is 2.42. The Bertz CT molecular complexity index is 341. The second-order valence-corrected chi connectivity index (χ2v) is 5.32. The molecule has 0 amide bonds. The molecular weight excluding hydrogens is 232 g/mol. The molecule has 1 rings (SSSR count). The summed E-state index contributed by atoms with van der Waals surface area (Å²) in [7, 11) is 2.00. The topological polar surface area (TPSA) is 15.3 Å². The fraction of sp³-hybridized carbons (Fsp3) is 0.647. The molecule has 108 valence electrons. The number of nitrogens with zero attached hydrogens (tertiary/aromatic N) is 1. The highest BCUT2D eigenvalue weighted by molar-refractivity contribution is 5.48. The number of anilines is 1. The quantitative estimate of drug-likeness (QED) is 0.754. The zero-order valence-electron chi connectivity index (χ0n) is 13.2. The van der Waals surface area contributed by atoms with Crippen molar-refractivity contribution in [2.24, 2.45) is 5.92 Å². The van der Waals surface area contributed by atoms with Gasteiger partial charge in [0.15, 0.2) is 0 Å². The summed E-state index contributed by atoms with van der Waals surface area (Å²) in [6.07, 6.45) is 2.53. The first kappa shape index (κ1) is 16.0. The second kappa shape index (κ2) is 8.21. The van der Waals surface area contributed by atoms with Crippen LogP contribution in [-0.2, 0) is 0 Å². The molecule has 0 fully saturated rings. The van der Waals surface area contributed by atoms with Crippen LogP contribution in [0.15, 0.2) is 24.3 Å². The fourth-order valence-electron chi connectivity index (χ4n) is 2.42. The minimum atomic E-state index is 0.420. The molecule has 2 heteroatoms. The molecule has 0 radical (unpaired) electrons. The van der Waals surface area contributed by atoms with Crippen LogP contribution in [0.3, 0.4) is 0 Å². The first-order chi connectivity index (χ1) is 9.15. The predicted molar refractivity (Wildman–Crippen MR) is 85.9 cm³/mol. The van der Waals surface area contributed by atoms with Crippen molar-refractivity contribution in [1.82, 2.24) is 5.32 Å². The summed E-state index contributed by atoms with van der Waals surface area (Å²) in [5, 5.41) is 3.28. The summed E-state index contributed by atoms with van der Waals surface area (Å²) in [5.41, 5.74) is 2.70. The predicted octanol–water partition coefficient (Wildman–Crippen LogP) is 4.23. The van der Waals surface area contributed by atoms with Crippen molar-refractivity contribution >= 4 is 5.69 Å². The van der Waals surface area contributed by atoms with Gasteiger partial charge in [-0.25, -0.2) is 0 Å². The first-order valence-electron chi connectivity index (χ1n) is 7.68. The zero-order chi connectivity index (χ0) is 14.3. The van der Waals surface area contributed by atoms with Crippen molar-refractivity contribution in [3.8, 4) is 0 Å². The average Bonchev–Trinajstić information content (AvgIpc) is 2.48. The lowest BCUT2D eigenvalue weighted by atomic mass is 10.0. The van der Waals surface area contributed by atoms with Crippen molar-refractivity contribution in [2.45, 2.75) is 46.6 Å². The molecule has 0 saturated heterocycles. The normalized spacial score (nSPS) is 12.7. The Balaban J connectivity index is 2.76. The van der Waals surface area contributed by atoms with E-state index < -0.39 is 0 Å². The lowest BCUT2D eigenvalue weighted by Gasteiger charge is -2.28. The summed E-state index contributed by atoms with van der Waals surface area (Å²) in [6.45, 7) is 11.3. The third-order valence-electron chi connectivity index (χ3n) is 4.21. The molecular formula is C17H30N2. The van der Waals surface area contributed by atoms with Crippen LogP contribution in [0.2, 0.25) is 0 Å². The summed E-state index contributed by atoms with van der Waals surface area (Å²) in [4.78, 5) is 2.49. The minimum Gasteiger partial charge on any atom is -0.372 e. The van der Waals surface area contributed by atoms with Crippen molar-refractivity contribution in [2.75, 3.05) is 25.0 Å². The van der Waals surface area contributed by atoms with Crippen molar-refractivity contribution in [3.05, 3.63) is 29.8 Å². The van der Waals surface area contributed by atoms with E-state index in [-0.39, 0.29) is 0 Å². The van der Waals surface area contributed by atoms with Crippen LogP contribution in [0.4, 0.5) is 5.69 Å². The van der Waals surface area contributed by atoms with Gasteiger partial charge in [0.25, 0.3) is 0 Å². The van der Waals surface area contributed by atoms with Gasteiger partial charge in [0.1, 0.15) is 0 Å². The van der Waals surface area contributed by atoms with Crippen LogP contribution >= 0.6 is 0 Å². The van der Waals surface area contributed by atoms with E-state index in [1.165, 1.54) is 30.6 Å². The van der Waals surface area contributed by atoms with Crippen molar-refractivity contribution in [1.29, 1.82) is 0 Å². The van der Waals surface area contributed by atoms with E-state index in [0.717, 1.165) is 12.5 Å². The molecule has 0 bridgehead atoms. The molecule has 0 aliphatic heterocycles. The largest absolute Gasteiger partial charge is 0.372 e. The number of hydrogen-bond donors (Lipinski definition) is 1. The van der Waals surface area contributed by atoms with Gasteiger partial charge in [-0.15, -0.1) is 0 Å². The van der Waals surface area contributed by atoms with Gasteiger partial charge in [-0.05, 0) is 44.5 Å². The minimum absolute atomic E-state index is 0.420.